The molecule has 59 heavy (non-hydrogen) atoms. The summed E-state index contributed by atoms with van der Waals surface area (Å²) in [5.41, 5.74) is 13.7. The van der Waals surface area contributed by atoms with Crippen molar-refractivity contribution in [2.45, 2.75) is 94.0 Å². The van der Waals surface area contributed by atoms with Crippen molar-refractivity contribution in [3.05, 3.63) is 90.0 Å². The number of carboxylic acid groups (broad SMARTS) is 2. The van der Waals surface area contributed by atoms with Gasteiger partial charge in [-0.05, 0) is 55.2 Å². The van der Waals surface area contributed by atoms with Gasteiger partial charge >= 0.3 is 11.9 Å². The molecule has 0 saturated carbocycles. The number of aliphatic carboxylic acids is 2. The lowest BCUT2D eigenvalue weighted by atomic mass is 10.0. The first kappa shape index (κ1) is 47.6. The minimum Gasteiger partial charge on any atom is -0.481 e. The lowest BCUT2D eigenvalue weighted by Gasteiger charge is -2.26. The van der Waals surface area contributed by atoms with Gasteiger partial charge in [0.25, 0.3) is 0 Å². The van der Waals surface area contributed by atoms with Crippen LogP contribution in [0.3, 0.4) is 0 Å². The SMILES string of the molecule is CSCC[C@H](N)C(=O)NCCCC[C@@H](NC(=O)[C@H](Cc1ccccc1)NC(=O)[C@H](Cc1cnc[nH]1)NC(=O)[C@@H](N)CCC(=O)O)C(=O)N[C@@H](Cc1ccccc1)C(=O)O. The van der Waals surface area contributed by atoms with Crippen LogP contribution in [0.25, 0.3) is 0 Å². The van der Waals surface area contributed by atoms with Crippen LogP contribution in [-0.4, -0.2) is 116 Å². The van der Waals surface area contributed by atoms with Gasteiger partial charge in [0, 0.05) is 44.1 Å². The van der Waals surface area contributed by atoms with E-state index in [1.165, 1.54) is 12.5 Å². The molecular weight excluding hydrogens is 783 g/mol. The van der Waals surface area contributed by atoms with Gasteiger partial charge < -0.3 is 53.2 Å². The Morgan fingerprint density at radius 3 is 1.75 bits per heavy atom. The molecule has 320 valence electrons. The monoisotopic (exact) mass is 837 g/mol. The Hall–Kier alpha value is -5.79. The molecule has 0 saturated heterocycles. The Balaban J connectivity index is 1.84. The average Bonchev–Trinajstić information content (AvgIpc) is 3.74. The molecule has 0 bridgehead atoms. The summed E-state index contributed by atoms with van der Waals surface area (Å²) in [4.78, 5) is 97.6. The highest BCUT2D eigenvalue weighted by Crippen LogP contribution is 2.10. The van der Waals surface area contributed by atoms with E-state index in [9.17, 15) is 38.7 Å². The second-order valence-electron chi connectivity index (χ2n) is 14.0. The normalized spacial score (nSPS) is 14.0. The number of carbonyl (C=O) groups excluding carboxylic acids is 5. The van der Waals surface area contributed by atoms with E-state index < -0.39 is 71.8 Å². The topological polar surface area (TPSA) is 301 Å². The van der Waals surface area contributed by atoms with Gasteiger partial charge in [0.05, 0.1) is 18.4 Å². The highest BCUT2D eigenvalue weighted by Gasteiger charge is 2.32. The summed E-state index contributed by atoms with van der Waals surface area (Å²) in [6.45, 7) is 0.246. The lowest BCUT2D eigenvalue weighted by Crippen LogP contribution is -2.59. The molecule has 0 spiro atoms. The molecule has 1 aromatic heterocycles. The van der Waals surface area contributed by atoms with Crippen molar-refractivity contribution < 1.29 is 43.8 Å². The number of nitrogens with zero attached hydrogens (tertiary/aromatic N) is 1. The van der Waals surface area contributed by atoms with Crippen LogP contribution in [0.1, 0.15) is 55.3 Å². The van der Waals surface area contributed by atoms with Crippen LogP contribution in [-0.2, 0) is 52.8 Å². The van der Waals surface area contributed by atoms with Gasteiger partial charge in [-0.1, -0.05) is 60.7 Å². The third kappa shape index (κ3) is 17.7. The summed E-state index contributed by atoms with van der Waals surface area (Å²) in [6, 6.07) is 10.4. The van der Waals surface area contributed by atoms with Crippen LogP contribution in [0, 0.1) is 0 Å². The van der Waals surface area contributed by atoms with Crippen LogP contribution in [0.15, 0.2) is 73.2 Å². The van der Waals surface area contributed by atoms with Crippen molar-refractivity contribution >= 4 is 53.2 Å². The van der Waals surface area contributed by atoms with Crippen molar-refractivity contribution in [2.24, 2.45) is 11.5 Å². The number of aromatic nitrogens is 2. The van der Waals surface area contributed by atoms with Crippen molar-refractivity contribution in [3.63, 3.8) is 0 Å². The zero-order valence-corrected chi connectivity index (χ0v) is 33.7. The van der Waals surface area contributed by atoms with E-state index >= 15 is 0 Å². The van der Waals surface area contributed by atoms with Gasteiger partial charge in [-0.15, -0.1) is 0 Å². The van der Waals surface area contributed by atoms with E-state index in [-0.39, 0.29) is 51.0 Å². The third-order valence-electron chi connectivity index (χ3n) is 9.25. The summed E-state index contributed by atoms with van der Waals surface area (Å²) < 4.78 is 0. The first-order chi connectivity index (χ1) is 28.3. The van der Waals surface area contributed by atoms with Gasteiger partial charge in [-0.2, -0.15) is 11.8 Å². The smallest absolute Gasteiger partial charge is 0.326 e. The molecule has 0 fully saturated rings. The molecule has 5 amide bonds. The number of nitrogens with two attached hydrogens (primary N) is 2. The number of hydrogen-bond acceptors (Lipinski definition) is 11. The molecular formula is C40H55N9O9S. The molecule has 0 radical (unpaired) electrons. The van der Waals surface area contributed by atoms with Gasteiger partial charge in [0.2, 0.25) is 29.5 Å². The molecule has 0 unspecified atom stereocenters. The minimum atomic E-state index is -1.33. The van der Waals surface area contributed by atoms with Crippen LogP contribution in [0.5, 0.6) is 0 Å². The number of carbonyl (C=O) groups is 7. The highest BCUT2D eigenvalue weighted by atomic mass is 32.2. The van der Waals surface area contributed by atoms with E-state index in [2.05, 4.69) is 36.6 Å². The van der Waals surface area contributed by atoms with Crippen LogP contribution in [0.4, 0.5) is 0 Å². The summed E-state index contributed by atoms with van der Waals surface area (Å²) in [7, 11) is 0. The van der Waals surface area contributed by atoms with E-state index in [0.717, 1.165) is 5.75 Å². The quantitative estimate of drug-likeness (QED) is 0.0454. The number of H-pyrrole nitrogens is 1. The van der Waals surface area contributed by atoms with E-state index in [4.69, 9.17) is 16.6 Å². The maximum absolute atomic E-state index is 14.2. The number of rotatable bonds is 27. The van der Waals surface area contributed by atoms with Crippen LogP contribution in [0.2, 0.25) is 0 Å². The fourth-order valence-electron chi connectivity index (χ4n) is 5.90. The maximum atomic E-state index is 14.2. The summed E-state index contributed by atoms with van der Waals surface area (Å²) in [5, 5.41) is 32.4. The minimum absolute atomic E-state index is 0.0263. The number of unbranched alkanes of at least 4 members (excludes halogenated alkanes) is 1. The van der Waals surface area contributed by atoms with E-state index in [1.54, 1.807) is 72.4 Å². The maximum Gasteiger partial charge on any atom is 0.326 e. The molecule has 18 nitrogen and oxygen atoms in total. The van der Waals surface area contributed by atoms with Crippen molar-refractivity contribution in [1.29, 1.82) is 0 Å². The first-order valence-electron chi connectivity index (χ1n) is 19.3. The molecule has 3 aromatic rings. The van der Waals surface area contributed by atoms with E-state index in [0.29, 0.717) is 36.1 Å². The molecule has 0 aliphatic carbocycles. The number of imidazole rings is 1. The summed E-state index contributed by atoms with van der Waals surface area (Å²) in [6.07, 6.45) is 5.30. The van der Waals surface area contributed by atoms with Gasteiger partial charge in [0.1, 0.15) is 24.2 Å². The fourth-order valence-corrected chi connectivity index (χ4v) is 6.39. The molecule has 6 atom stereocenters. The number of amides is 5. The summed E-state index contributed by atoms with van der Waals surface area (Å²) in [5.74, 6) is -5.12. The lowest BCUT2D eigenvalue weighted by molar-refractivity contribution is -0.142. The predicted octanol–water partition coefficient (Wildman–Crippen LogP) is 0.0204. The molecule has 19 heteroatoms. The van der Waals surface area contributed by atoms with Crippen LogP contribution < -0.4 is 38.1 Å². The second kappa shape index (κ2) is 25.5. The highest BCUT2D eigenvalue weighted by molar-refractivity contribution is 7.98. The number of aromatic amines is 1. The van der Waals surface area contributed by atoms with Crippen LogP contribution >= 0.6 is 11.8 Å². The standard InChI is InChI=1S/C40H55N9O9S/c1-59-19-17-29(42)35(52)44-18-9-8-14-30(37(54)49-33(40(57)58)21-26-12-6-3-7-13-26)46-38(55)31(20-25-10-4-2-5-11-25)48-39(56)32(22-27-23-43-24-45-27)47-36(53)28(41)15-16-34(50)51/h2-7,10-13,23-24,28-33H,8-9,14-22,41-42H2,1H3,(H,43,45)(H,44,52)(H,46,55)(H,47,53)(H,48,56)(H,49,54)(H,50,51)(H,57,58)/t28-,29-,30+,31-,32-,33-/m0/s1. The Labute approximate surface area is 346 Å². The van der Waals surface area contributed by atoms with Crippen molar-refractivity contribution in [3.8, 4) is 0 Å². The zero-order chi connectivity index (χ0) is 43.2. The van der Waals surface area contributed by atoms with Crippen molar-refractivity contribution in [2.75, 3.05) is 18.6 Å². The summed E-state index contributed by atoms with van der Waals surface area (Å²) >= 11 is 1.58. The Morgan fingerprint density at radius 1 is 0.661 bits per heavy atom. The number of carboxylic acids is 2. The first-order valence-corrected chi connectivity index (χ1v) is 20.7. The number of nitrogens with one attached hydrogen (secondary N) is 6. The van der Waals surface area contributed by atoms with E-state index in [1.807, 2.05) is 6.26 Å². The molecule has 12 N–H and O–H groups in total. The van der Waals surface area contributed by atoms with Gasteiger partial charge in [0.15, 0.2) is 0 Å². The largest absolute Gasteiger partial charge is 0.481 e. The van der Waals surface area contributed by atoms with Gasteiger partial charge in [-0.3, -0.25) is 28.8 Å². The molecule has 0 aliphatic rings. The van der Waals surface area contributed by atoms with Gasteiger partial charge in [-0.25, -0.2) is 9.78 Å². The third-order valence-corrected chi connectivity index (χ3v) is 9.90. The Bertz CT molecular complexity index is 1800. The molecule has 3 rings (SSSR count). The zero-order valence-electron chi connectivity index (χ0n) is 32.9. The predicted molar refractivity (Wildman–Crippen MR) is 221 cm³/mol. The molecule has 1 heterocycles. The average molecular weight is 838 g/mol. The number of hydrogen-bond donors (Lipinski definition) is 10. The number of thioether (sulfide) groups is 1. The molecule has 0 aliphatic heterocycles. The Morgan fingerprint density at radius 2 is 1.19 bits per heavy atom. The fraction of sp³-hybridized carbons (Fsp3) is 0.450. The Kier molecular flexibility index (Phi) is 20.6. The second-order valence-corrected chi connectivity index (χ2v) is 14.9. The van der Waals surface area contributed by atoms with Crippen molar-refractivity contribution in [1.82, 2.24) is 36.6 Å². The molecule has 2 aromatic carbocycles. The number of benzene rings is 2.